The maximum absolute atomic E-state index is 12.9. The first-order valence-electron chi connectivity index (χ1n) is 10.7. The molecule has 2 aromatic rings. The van der Waals surface area contributed by atoms with Gasteiger partial charge in [0.15, 0.2) is 0 Å². The fourth-order valence-electron chi connectivity index (χ4n) is 4.03. The molecule has 170 valence electrons. The first-order valence-corrected chi connectivity index (χ1v) is 10.7. The Morgan fingerprint density at radius 2 is 1.48 bits per heavy atom. The Bertz CT molecular complexity index is 1110. The number of fused-ring (bicyclic) bond motifs is 1. The van der Waals surface area contributed by atoms with Crippen molar-refractivity contribution in [2.45, 2.75) is 13.3 Å². The summed E-state index contributed by atoms with van der Waals surface area (Å²) >= 11 is 0. The maximum Gasteiger partial charge on any atom is 0.308 e. The number of carbonyl (C=O) groups excluding carboxylic acids is 5. The van der Waals surface area contributed by atoms with Gasteiger partial charge in [0.25, 0.3) is 17.7 Å². The molecule has 1 saturated heterocycles. The molecule has 9 nitrogen and oxygen atoms in total. The second kappa shape index (κ2) is 9.23. The van der Waals surface area contributed by atoms with Crippen LogP contribution in [0.15, 0.2) is 48.5 Å². The summed E-state index contributed by atoms with van der Waals surface area (Å²) in [7, 11) is 0. The van der Waals surface area contributed by atoms with E-state index in [-0.39, 0.29) is 24.9 Å². The van der Waals surface area contributed by atoms with Crippen LogP contribution in [0.25, 0.3) is 0 Å². The minimum Gasteiger partial charge on any atom is -0.427 e. The standard InChI is InChI=1S/C24H23N3O6/c1-16(28)33-18-7-4-6-17(14-18)22(30)26-11-5-10-25(12-13-26)21(29)15-27-23(31)19-8-2-3-9-20(19)24(27)32/h2-4,6-9,14H,5,10-13,15H2,1H3. The van der Waals surface area contributed by atoms with Crippen LogP contribution in [0.2, 0.25) is 0 Å². The van der Waals surface area contributed by atoms with Crippen LogP contribution in [-0.4, -0.2) is 77.0 Å². The third-order valence-corrected chi connectivity index (χ3v) is 5.65. The van der Waals surface area contributed by atoms with Gasteiger partial charge in [0, 0.05) is 38.7 Å². The first-order chi connectivity index (χ1) is 15.8. The van der Waals surface area contributed by atoms with Gasteiger partial charge in [0.05, 0.1) is 11.1 Å². The molecule has 0 bridgehead atoms. The van der Waals surface area contributed by atoms with Crippen LogP contribution in [-0.2, 0) is 9.59 Å². The van der Waals surface area contributed by atoms with Crippen molar-refractivity contribution in [2.24, 2.45) is 0 Å². The molecule has 2 heterocycles. The number of hydrogen-bond acceptors (Lipinski definition) is 6. The summed E-state index contributed by atoms with van der Waals surface area (Å²) in [5.41, 5.74) is 0.998. The van der Waals surface area contributed by atoms with Crippen molar-refractivity contribution in [3.63, 3.8) is 0 Å². The number of imide groups is 1. The van der Waals surface area contributed by atoms with Crippen LogP contribution in [0, 0.1) is 0 Å². The zero-order chi connectivity index (χ0) is 23.5. The number of amides is 4. The smallest absolute Gasteiger partial charge is 0.308 e. The van der Waals surface area contributed by atoms with E-state index in [2.05, 4.69) is 0 Å². The average Bonchev–Trinajstić information content (AvgIpc) is 2.97. The van der Waals surface area contributed by atoms with Crippen molar-refractivity contribution < 1.29 is 28.7 Å². The van der Waals surface area contributed by atoms with Gasteiger partial charge >= 0.3 is 5.97 Å². The van der Waals surface area contributed by atoms with E-state index in [1.54, 1.807) is 52.3 Å². The summed E-state index contributed by atoms with van der Waals surface area (Å²) in [6.45, 7) is 2.43. The number of nitrogens with zero attached hydrogens (tertiary/aromatic N) is 3. The molecule has 0 aliphatic carbocycles. The summed E-state index contributed by atoms with van der Waals surface area (Å²) in [4.78, 5) is 66.2. The summed E-state index contributed by atoms with van der Waals surface area (Å²) in [5, 5.41) is 0. The average molecular weight is 449 g/mol. The van der Waals surface area contributed by atoms with Gasteiger partial charge < -0.3 is 14.5 Å². The fourth-order valence-corrected chi connectivity index (χ4v) is 4.03. The summed E-state index contributed by atoms with van der Waals surface area (Å²) in [6, 6.07) is 12.9. The van der Waals surface area contributed by atoms with Crippen molar-refractivity contribution in [3.8, 4) is 5.75 Å². The van der Waals surface area contributed by atoms with E-state index in [4.69, 9.17) is 4.74 Å². The molecule has 0 saturated carbocycles. The molecule has 4 amide bonds. The van der Waals surface area contributed by atoms with Gasteiger partial charge in [-0.2, -0.15) is 0 Å². The van der Waals surface area contributed by atoms with Gasteiger partial charge in [-0.3, -0.25) is 28.9 Å². The van der Waals surface area contributed by atoms with Crippen molar-refractivity contribution in [3.05, 3.63) is 65.2 Å². The highest BCUT2D eigenvalue weighted by molar-refractivity contribution is 6.22. The SMILES string of the molecule is CC(=O)Oc1cccc(C(=O)N2CCCN(C(=O)CN3C(=O)c4ccccc4C3=O)CC2)c1. The summed E-state index contributed by atoms with van der Waals surface area (Å²) < 4.78 is 5.05. The molecule has 0 N–H and O–H groups in total. The maximum atomic E-state index is 12.9. The van der Waals surface area contributed by atoms with Crippen LogP contribution in [0.4, 0.5) is 0 Å². The molecule has 2 aliphatic rings. The zero-order valence-corrected chi connectivity index (χ0v) is 18.2. The third kappa shape index (κ3) is 4.62. The minimum absolute atomic E-state index is 0.223. The number of carbonyl (C=O) groups is 5. The van der Waals surface area contributed by atoms with Crippen LogP contribution >= 0.6 is 0 Å². The number of hydrogen-bond donors (Lipinski definition) is 0. The van der Waals surface area contributed by atoms with Crippen molar-refractivity contribution >= 4 is 29.6 Å². The Morgan fingerprint density at radius 3 is 2.15 bits per heavy atom. The van der Waals surface area contributed by atoms with Crippen LogP contribution in [0.5, 0.6) is 5.75 Å². The molecule has 0 radical (unpaired) electrons. The van der Waals surface area contributed by atoms with Gasteiger partial charge in [-0.25, -0.2) is 0 Å². The highest BCUT2D eigenvalue weighted by Gasteiger charge is 2.37. The lowest BCUT2D eigenvalue weighted by molar-refractivity contribution is -0.132. The Labute approximate surface area is 190 Å². The lowest BCUT2D eigenvalue weighted by Crippen LogP contribution is -2.44. The summed E-state index contributed by atoms with van der Waals surface area (Å²) in [5.74, 6) is -1.68. The molecular weight excluding hydrogens is 426 g/mol. The van der Waals surface area contributed by atoms with Crippen molar-refractivity contribution in [2.75, 3.05) is 32.7 Å². The predicted octanol–water partition coefficient (Wildman–Crippen LogP) is 1.58. The van der Waals surface area contributed by atoms with E-state index < -0.39 is 17.8 Å². The number of ether oxygens (including phenoxy) is 1. The number of rotatable bonds is 4. The van der Waals surface area contributed by atoms with E-state index >= 15 is 0 Å². The Morgan fingerprint density at radius 1 is 0.848 bits per heavy atom. The number of esters is 1. The molecule has 2 aliphatic heterocycles. The summed E-state index contributed by atoms with van der Waals surface area (Å²) in [6.07, 6.45) is 0.559. The predicted molar refractivity (Wildman–Crippen MR) is 117 cm³/mol. The van der Waals surface area contributed by atoms with E-state index in [0.717, 1.165) is 4.90 Å². The van der Waals surface area contributed by atoms with Crippen LogP contribution in [0.1, 0.15) is 44.4 Å². The second-order valence-electron chi connectivity index (χ2n) is 7.89. The van der Waals surface area contributed by atoms with Gasteiger partial charge in [0.2, 0.25) is 5.91 Å². The molecule has 0 spiro atoms. The van der Waals surface area contributed by atoms with Gasteiger partial charge in [-0.15, -0.1) is 0 Å². The fraction of sp³-hybridized carbons (Fsp3) is 0.292. The highest BCUT2D eigenvalue weighted by Crippen LogP contribution is 2.22. The molecule has 2 aromatic carbocycles. The lowest BCUT2D eigenvalue weighted by atomic mass is 10.1. The Hall–Kier alpha value is -4.01. The van der Waals surface area contributed by atoms with Crippen LogP contribution in [0.3, 0.4) is 0 Å². The van der Waals surface area contributed by atoms with E-state index in [1.165, 1.54) is 13.0 Å². The van der Waals surface area contributed by atoms with Gasteiger partial charge in [0.1, 0.15) is 12.3 Å². The van der Waals surface area contributed by atoms with E-state index in [9.17, 15) is 24.0 Å². The lowest BCUT2D eigenvalue weighted by Gasteiger charge is -2.24. The Kier molecular flexibility index (Phi) is 6.21. The normalized spacial score (nSPS) is 15.8. The van der Waals surface area contributed by atoms with Gasteiger partial charge in [-0.1, -0.05) is 18.2 Å². The molecular formula is C24H23N3O6. The molecule has 0 unspecified atom stereocenters. The van der Waals surface area contributed by atoms with Crippen molar-refractivity contribution in [1.29, 1.82) is 0 Å². The molecule has 0 aromatic heterocycles. The largest absolute Gasteiger partial charge is 0.427 e. The van der Waals surface area contributed by atoms with E-state index in [0.29, 0.717) is 48.5 Å². The molecule has 9 heteroatoms. The quantitative estimate of drug-likeness (QED) is 0.399. The molecule has 0 atom stereocenters. The first kappa shape index (κ1) is 22.2. The van der Waals surface area contributed by atoms with E-state index in [1.807, 2.05) is 0 Å². The topological polar surface area (TPSA) is 104 Å². The molecule has 1 fully saturated rings. The number of benzene rings is 2. The Balaban J connectivity index is 1.38. The third-order valence-electron chi connectivity index (χ3n) is 5.65. The zero-order valence-electron chi connectivity index (χ0n) is 18.2. The van der Waals surface area contributed by atoms with Crippen LogP contribution < -0.4 is 4.74 Å². The second-order valence-corrected chi connectivity index (χ2v) is 7.89. The monoisotopic (exact) mass is 449 g/mol. The minimum atomic E-state index is -0.471. The highest BCUT2D eigenvalue weighted by atomic mass is 16.5. The van der Waals surface area contributed by atoms with Gasteiger partial charge in [-0.05, 0) is 36.8 Å². The molecule has 4 rings (SSSR count). The molecule has 33 heavy (non-hydrogen) atoms. The van der Waals surface area contributed by atoms with Crippen molar-refractivity contribution in [1.82, 2.24) is 14.7 Å².